The number of carbonyl (C=O) groups is 6. The van der Waals surface area contributed by atoms with E-state index in [2.05, 4.69) is 10.6 Å². The largest absolute Gasteiger partial charge is 0.478 e. The molecule has 230 valence electrons. The number of nitrogens with zero attached hydrogens (tertiary/aromatic N) is 2. The zero-order valence-electron chi connectivity index (χ0n) is 23.5. The molecule has 0 radical (unpaired) electrons. The quantitative estimate of drug-likeness (QED) is 0.250. The van der Waals surface area contributed by atoms with Gasteiger partial charge >= 0.3 is 11.9 Å². The molecule has 2 unspecified atom stereocenters. The Morgan fingerprint density at radius 2 is 0.976 bits per heavy atom. The van der Waals surface area contributed by atoms with Crippen LogP contribution >= 0.6 is 0 Å². The summed E-state index contributed by atoms with van der Waals surface area (Å²) >= 11 is 0. The second-order valence-corrected chi connectivity index (χ2v) is 10.7. The van der Waals surface area contributed by atoms with Crippen LogP contribution in [-0.2, 0) is 19.2 Å². The molecular formula is C28H40N6O8. The molecule has 0 aromatic heterocycles. The van der Waals surface area contributed by atoms with Gasteiger partial charge in [0.25, 0.3) is 0 Å². The highest BCUT2D eigenvalue weighted by molar-refractivity contribution is 5.92. The van der Waals surface area contributed by atoms with Crippen molar-refractivity contribution in [1.82, 2.24) is 20.4 Å². The predicted octanol–water partition coefficient (Wildman–Crippen LogP) is -0.488. The number of likely N-dealkylation sites (tertiary alicyclic amines) is 2. The van der Waals surface area contributed by atoms with Crippen molar-refractivity contribution in [2.75, 3.05) is 26.2 Å². The van der Waals surface area contributed by atoms with Gasteiger partial charge in [-0.25, -0.2) is 9.59 Å². The Morgan fingerprint density at radius 3 is 1.24 bits per heavy atom. The van der Waals surface area contributed by atoms with E-state index < -0.39 is 11.9 Å². The van der Waals surface area contributed by atoms with E-state index in [1.807, 2.05) is 0 Å². The van der Waals surface area contributed by atoms with Crippen LogP contribution < -0.4 is 22.1 Å². The molecular weight excluding hydrogens is 548 g/mol. The number of amides is 4. The van der Waals surface area contributed by atoms with Crippen LogP contribution in [-0.4, -0.2) is 106 Å². The summed E-state index contributed by atoms with van der Waals surface area (Å²) < 4.78 is 0. The van der Waals surface area contributed by atoms with Gasteiger partial charge in [-0.1, -0.05) is 0 Å². The number of hydrogen-bond acceptors (Lipinski definition) is 8. The second kappa shape index (κ2) is 15.3. The Morgan fingerprint density at radius 1 is 0.619 bits per heavy atom. The molecule has 4 heterocycles. The third-order valence-electron chi connectivity index (χ3n) is 7.82. The first-order chi connectivity index (χ1) is 20.0. The van der Waals surface area contributed by atoms with E-state index in [9.17, 15) is 28.8 Å². The first kappa shape index (κ1) is 32.5. The summed E-state index contributed by atoms with van der Waals surface area (Å²) in [7, 11) is 0. The van der Waals surface area contributed by atoms with Crippen molar-refractivity contribution in [3.05, 3.63) is 35.4 Å². The first-order valence-electron chi connectivity index (χ1n) is 14.2. The first-order valence-corrected chi connectivity index (χ1v) is 14.2. The summed E-state index contributed by atoms with van der Waals surface area (Å²) in [4.78, 5) is 70.3. The molecule has 4 saturated heterocycles. The second-order valence-electron chi connectivity index (χ2n) is 10.7. The highest BCUT2D eigenvalue weighted by atomic mass is 16.4. The zero-order chi connectivity index (χ0) is 30.8. The molecule has 0 aliphatic carbocycles. The van der Waals surface area contributed by atoms with Crippen molar-refractivity contribution < 1.29 is 39.0 Å². The molecule has 14 heteroatoms. The summed E-state index contributed by atoms with van der Waals surface area (Å²) in [6.07, 6.45) is 7.01. The van der Waals surface area contributed by atoms with E-state index >= 15 is 0 Å². The zero-order valence-corrected chi connectivity index (χ0v) is 23.5. The number of nitrogens with two attached hydrogens (primary N) is 2. The number of hydrogen-bond donors (Lipinski definition) is 6. The Labute approximate surface area is 243 Å². The minimum Gasteiger partial charge on any atom is -0.478 e. The van der Waals surface area contributed by atoms with E-state index in [0.29, 0.717) is 25.9 Å². The third-order valence-corrected chi connectivity index (χ3v) is 7.82. The molecule has 4 aliphatic heterocycles. The number of benzene rings is 1. The fraction of sp³-hybridized carbons (Fsp3) is 0.571. The Balaban J connectivity index is 0.000000174. The average Bonchev–Trinajstić information content (AvgIpc) is 3.79. The number of carboxylic acid groups (broad SMARTS) is 2. The number of carboxylic acids is 2. The molecule has 1 aromatic rings. The summed E-state index contributed by atoms with van der Waals surface area (Å²) in [5, 5.41) is 23.2. The lowest BCUT2D eigenvalue weighted by Crippen LogP contribution is -2.49. The van der Waals surface area contributed by atoms with Gasteiger partial charge in [0.15, 0.2) is 0 Å². The van der Waals surface area contributed by atoms with Crippen molar-refractivity contribution in [1.29, 1.82) is 0 Å². The summed E-state index contributed by atoms with van der Waals surface area (Å²) in [5.41, 5.74) is 10.7. The number of nitrogens with one attached hydrogen (secondary N) is 2. The fourth-order valence-electron chi connectivity index (χ4n) is 5.60. The lowest BCUT2D eigenvalue weighted by atomic mass is 10.1. The minimum atomic E-state index is -1.06. The molecule has 1 aromatic carbocycles. The lowest BCUT2D eigenvalue weighted by Gasteiger charge is -2.25. The van der Waals surface area contributed by atoms with Crippen LogP contribution in [0.2, 0.25) is 0 Å². The highest BCUT2D eigenvalue weighted by Crippen LogP contribution is 2.21. The van der Waals surface area contributed by atoms with Crippen LogP contribution in [0, 0.1) is 0 Å². The molecule has 4 amide bonds. The number of carbonyl (C=O) groups excluding carboxylic acids is 4. The maximum Gasteiger partial charge on any atom is 0.335 e. The van der Waals surface area contributed by atoms with Crippen molar-refractivity contribution in [2.24, 2.45) is 11.5 Å². The van der Waals surface area contributed by atoms with Crippen molar-refractivity contribution >= 4 is 35.6 Å². The molecule has 0 spiro atoms. The van der Waals surface area contributed by atoms with E-state index in [1.165, 1.54) is 24.3 Å². The average molecular weight is 589 g/mol. The smallest absolute Gasteiger partial charge is 0.335 e. The van der Waals surface area contributed by atoms with Crippen molar-refractivity contribution in [2.45, 2.75) is 75.5 Å². The Hall–Kier alpha value is -4.04. The molecule has 0 saturated carbocycles. The van der Waals surface area contributed by atoms with Gasteiger partial charge in [-0.3, -0.25) is 19.2 Å². The van der Waals surface area contributed by atoms with E-state index in [0.717, 1.165) is 51.6 Å². The number of rotatable bonds is 6. The maximum absolute atomic E-state index is 12.0. The summed E-state index contributed by atoms with van der Waals surface area (Å²) in [6, 6.07) is 4.09. The minimum absolute atomic E-state index is 0.0498. The van der Waals surface area contributed by atoms with Gasteiger partial charge in [-0.15, -0.1) is 0 Å². The fourth-order valence-corrected chi connectivity index (χ4v) is 5.60. The molecule has 4 atom stereocenters. The van der Waals surface area contributed by atoms with E-state index in [4.69, 9.17) is 21.7 Å². The van der Waals surface area contributed by atoms with Gasteiger partial charge in [0.2, 0.25) is 23.6 Å². The standard InChI is InChI=1S/2C10H17N3O2.C8H6O4/c2*11-9(14)8-4-2-6-13(8)10(15)7-3-1-5-12-7;9-7(10)5-1-2-6(4-3-5)8(11)12/h2*7-8,12H,1-6H2,(H2,11,14);1-4H,(H,9,10)(H,11,12)/t2*7-,8?;/m00./s1. The van der Waals surface area contributed by atoms with Crippen molar-refractivity contribution in [3.8, 4) is 0 Å². The molecule has 42 heavy (non-hydrogen) atoms. The van der Waals surface area contributed by atoms with Gasteiger partial charge < -0.3 is 42.1 Å². The number of primary amides is 2. The Bertz CT molecular complexity index is 1060. The summed E-state index contributed by atoms with van der Waals surface area (Å²) in [6.45, 7) is 3.13. The monoisotopic (exact) mass is 588 g/mol. The molecule has 0 bridgehead atoms. The van der Waals surface area contributed by atoms with Gasteiger partial charge in [0.05, 0.1) is 23.2 Å². The maximum atomic E-state index is 12.0. The van der Waals surface area contributed by atoms with Crippen LogP contribution in [0.1, 0.15) is 72.1 Å². The topological polar surface area (TPSA) is 225 Å². The van der Waals surface area contributed by atoms with Crippen LogP contribution in [0.3, 0.4) is 0 Å². The summed E-state index contributed by atoms with van der Waals surface area (Å²) in [5.74, 6) is -2.78. The molecule has 4 aliphatic rings. The predicted molar refractivity (Wildman–Crippen MR) is 150 cm³/mol. The van der Waals surface area contributed by atoms with E-state index in [-0.39, 0.29) is 58.9 Å². The van der Waals surface area contributed by atoms with Gasteiger partial charge in [0.1, 0.15) is 12.1 Å². The molecule has 5 rings (SSSR count). The normalized spacial score (nSPS) is 24.7. The molecule has 8 N–H and O–H groups in total. The molecule has 14 nitrogen and oxygen atoms in total. The highest BCUT2D eigenvalue weighted by Gasteiger charge is 2.37. The van der Waals surface area contributed by atoms with Gasteiger partial charge in [-0.2, -0.15) is 0 Å². The SMILES string of the molecule is NC(=O)C1CCCN1C(=O)[C@@H]1CCCN1.NC(=O)C1CCCN1C(=O)[C@@H]1CCCN1.O=C(O)c1ccc(C(=O)O)cc1. The van der Waals surface area contributed by atoms with Crippen LogP contribution in [0.25, 0.3) is 0 Å². The van der Waals surface area contributed by atoms with Gasteiger partial charge in [-0.05, 0) is 88.7 Å². The Kier molecular flexibility index (Phi) is 11.8. The van der Waals surface area contributed by atoms with Crippen LogP contribution in [0.15, 0.2) is 24.3 Å². The number of aromatic carboxylic acids is 2. The van der Waals surface area contributed by atoms with Crippen molar-refractivity contribution in [3.63, 3.8) is 0 Å². The van der Waals surface area contributed by atoms with Crippen LogP contribution in [0.4, 0.5) is 0 Å². The third kappa shape index (κ3) is 8.49. The van der Waals surface area contributed by atoms with Crippen LogP contribution in [0.5, 0.6) is 0 Å². The van der Waals surface area contributed by atoms with Gasteiger partial charge in [0, 0.05) is 13.1 Å². The molecule has 4 fully saturated rings. The lowest BCUT2D eigenvalue weighted by molar-refractivity contribution is -0.138. The van der Waals surface area contributed by atoms with E-state index in [1.54, 1.807) is 9.80 Å².